The van der Waals surface area contributed by atoms with Gasteiger partial charge in [0.15, 0.2) is 0 Å². The molecule has 0 aromatic carbocycles. The van der Waals surface area contributed by atoms with Crippen LogP contribution in [0.5, 0.6) is 0 Å². The number of hydrogen-bond donors (Lipinski definition) is 1. The van der Waals surface area contributed by atoms with Crippen molar-refractivity contribution >= 4 is 0 Å². The summed E-state index contributed by atoms with van der Waals surface area (Å²) in [5.74, 6) is 2.71. The van der Waals surface area contributed by atoms with Crippen LogP contribution in [0.2, 0.25) is 0 Å². The fourth-order valence-electron chi connectivity index (χ4n) is 3.54. The van der Waals surface area contributed by atoms with Crippen molar-refractivity contribution in [1.82, 2.24) is 4.90 Å². The maximum Gasteiger partial charge on any atom is 0.00795 e. The molecule has 2 aliphatic carbocycles. The van der Waals surface area contributed by atoms with E-state index >= 15 is 0 Å². The van der Waals surface area contributed by atoms with Gasteiger partial charge in [-0.05, 0) is 62.8 Å². The fourth-order valence-corrected chi connectivity index (χ4v) is 3.54. The molecule has 0 bridgehead atoms. The van der Waals surface area contributed by atoms with Gasteiger partial charge < -0.3 is 10.6 Å². The van der Waals surface area contributed by atoms with Crippen molar-refractivity contribution in [1.29, 1.82) is 0 Å². The molecule has 3 atom stereocenters. The molecule has 18 heavy (non-hydrogen) atoms. The second-order valence-corrected chi connectivity index (χ2v) is 6.71. The van der Waals surface area contributed by atoms with Gasteiger partial charge in [-0.15, -0.1) is 0 Å². The van der Waals surface area contributed by atoms with E-state index in [-0.39, 0.29) is 0 Å². The number of nitrogens with zero attached hydrogens (tertiary/aromatic N) is 1. The van der Waals surface area contributed by atoms with Gasteiger partial charge in [0, 0.05) is 19.1 Å². The Morgan fingerprint density at radius 3 is 2.33 bits per heavy atom. The van der Waals surface area contributed by atoms with E-state index in [1.807, 2.05) is 0 Å². The van der Waals surface area contributed by atoms with E-state index in [0.29, 0.717) is 6.04 Å². The monoisotopic (exact) mass is 252 g/mol. The molecule has 0 radical (unpaired) electrons. The third-order valence-electron chi connectivity index (χ3n) is 4.97. The molecular formula is C16H32N2. The lowest BCUT2D eigenvalue weighted by Crippen LogP contribution is -2.43. The molecule has 0 aromatic rings. The first-order valence-electron chi connectivity index (χ1n) is 8.20. The smallest absolute Gasteiger partial charge is 0.00795 e. The lowest BCUT2D eigenvalue weighted by atomic mass is 9.77. The summed E-state index contributed by atoms with van der Waals surface area (Å²) in [5, 5.41) is 0. The third-order valence-corrected chi connectivity index (χ3v) is 4.97. The van der Waals surface area contributed by atoms with Gasteiger partial charge in [-0.3, -0.25) is 0 Å². The van der Waals surface area contributed by atoms with Crippen LogP contribution < -0.4 is 5.73 Å². The summed E-state index contributed by atoms with van der Waals surface area (Å²) in [7, 11) is 0. The predicted octanol–water partition coefficient (Wildman–Crippen LogP) is 3.26. The lowest BCUT2D eigenvalue weighted by Gasteiger charge is -2.37. The number of nitrogens with two attached hydrogens (primary N) is 1. The topological polar surface area (TPSA) is 29.3 Å². The maximum atomic E-state index is 6.36. The van der Waals surface area contributed by atoms with Crippen molar-refractivity contribution in [2.75, 3.05) is 19.6 Å². The fraction of sp³-hybridized carbons (Fsp3) is 1.00. The summed E-state index contributed by atoms with van der Waals surface area (Å²) < 4.78 is 0. The summed E-state index contributed by atoms with van der Waals surface area (Å²) in [5.41, 5.74) is 6.36. The van der Waals surface area contributed by atoms with E-state index in [9.17, 15) is 0 Å². The zero-order valence-corrected chi connectivity index (χ0v) is 12.4. The molecule has 2 saturated carbocycles. The second-order valence-electron chi connectivity index (χ2n) is 6.71. The predicted molar refractivity (Wildman–Crippen MR) is 78.6 cm³/mol. The lowest BCUT2D eigenvalue weighted by molar-refractivity contribution is 0.150. The summed E-state index contributed by atoms with van der Waals surface area (Å²) in [4.78, 5) is 2.71. The average Bonchev–Trinajstić information content (AvgIpc) is 3.16. The SMILES string of the molecule is CCCN(CC1CC1)CC1CC(CC)CCC1N. The highest BCUT2D eigenvalue weighted by molar-refractivity contribution is 4.86. The Hall–Kier alpha value is -0.0800. The van der Waals surface area contributed by atoms with Crippen molar-refractivity contribution in [3.8, 4) is 0 Å². The molecule has 0 amide bonds. The van der Waals surface area contributed by atoms with Gasteiger partial charge >= 0.3 is 0 Å². The molecule has 0 heterocycles. The Morgan fingerprint density at radius 1 is 1.00 bits per heavy atom. The molecule has 3 unspecified atom stereocenters. The molecule has 0 spiro atoms. The highest BCUT2D eigenvalue weighted by atomic mass is 15.1. The minimum atomic E-state index is 0.464. The van der Waals surface area contributed by atoms with Crippen molar-refractivity contribution < 1.29 is 0 Å². The molecule has 2 N–H and O–H groups in total. The van der Waals surface area contributed by atoms with Gasteiger partial charge in [0.05, 0.1) is 0 Å². The van der Waals surface area contributed by atoms with E-state index in [1.54, 1.807) is 0 Å². The molecule has 106 valence electrons. The van der Waals surface area contributed by atoms with Crippen LogP contribution in [-0.2, 0) is 0 Å². The summed E-state index contributed by atoms with van der Waals surface area (Å²) in [6.07, 6.45) is 9.56. The van der Waals surface area contributed by atoms with Crippen LogP contribution in [0.4, 0.5) is 0 Å². The molecule has 2 rings (SSSR count). The molecule has 2 heteroatoms. The minimum Gasteiger partial charge on any atom is -0.327 e. The van der Waals surface area contributed by atoms with E-state index in [1.165, 1.54) is 64.6 Å². The minimum absolute atomic E-state index is 0.464. The largest absolute Gasteiger partial charge is 0.327 e. The average molecular weight is 252 g/mol. The molecule has 0 saturated heterocycles. The third kappa shape index (κ3) is 4.24. The Bertz CT molecular complexity index is 237. The summed E-state index contributed by atoms with van der Waals surface area (Å²) >= 11 is 0. The van der Waals surface area contributed by atoms with E-state index in [0.717, 1.165) is 17.8 Å². The Morgan fingerprint density at radius 2 is 1.72 bits per heavy atom. The van der Waals surface area contributed by atoms with Crippen LogP contribution in [0.3, 0.4) is 0 Å². The molecule has 0 aliphatic heterocycles. The van der Waals surface area contributed by atoms with Gasteiger partial charge in [0.2, 0.25) is 0 Å². The number of rotatable bonds is 7. The maximum absolute atomic E-state index is 6.36. The van der Waals surface area contributed by atoms with Gasteiger partial charge in [-0.2, -0.15) is 0 Å². The first-order chi connectivity index (χ1) is 8.72. The Balaban J connectivity index is 1.82. The van der Waals surface area contributed by atoms with Crippen LogP contribution in [-0.4, -0.2) is 30.6 Å². The first kappa shape index (κ1) is 14.3. The van der Waals surface area contributed by atoms with Crippen LogP contribution in [0, 0.1) is 17.8 Å². The zero-order valence-electron chi connectivity index (χ0n) is 12.4. The van der Waals surface area contributed by atoms with Crippen LogP contribution in [0.25, 0.3) is 0 Å². The summed E-state index contributed by atoms with van der Waals surface area (Å²) in [6, 6.07) is 0.464. The molecule has 2 nitrogen and oxygen atoms in total. The highest BCUT2D eigenvalue weighted by Crippen LogP contribution is 2.33. The molecule has 2 aliphatic rings. The van der Waals surface area contributed by atoms with Crippen molar-refractivity contribution in [3.05, 3.63) is 0 Å². The van der Waals surface area contributed by atoms with Crippen LogP contribution in [0.15, 0.2) is 0 Å². The zero-order chi connectivity index (χ0) is 13.0. The molecule has 0 aromatic heterocycles. The van der Waals surface area contributed by atoms with Crippen LogP contribution >= 0.6 is 0 Å². The second kappa shape index (κ2) is 6.91. The Kier molecular flexibility index (Phi) is 5.50. The van der Waals surface area contributed by atoms with Crippen molar-refractivity contribution in [3.63, 3.8) is 0 Å². The van der Waals surface area contributed by atoms with E-state index in [2.05, 4.69) is 18.7 Å². The normalized spacial score (nSPS) is 33.0. The van der Waals surface area contributed by atoms with Gasteiger partial charge in [-0.25, -0.2) is 0 Å². The van der Waals surface area contributed by atoms with E-state index in [4.69, 9.17) is 5.73 Å². The van der Waals surface area contributed by atoms with E-state index < -0.39 is 0 Å². The Labute approximate surface area is 113 Å². The standard InChI is InChI=1S/C16H32N2/c1-3-9-18(11-14-5-6-14)12-15-10-13(4-2)7-8-16(15)17/h13-16H,3-12,17H2,1-2H3. The van der Waals surface area contributed by atoms with Gasteiger partial charge in [0.25, 0.3) is 0 Å². The van der Waals surface area contributed by atoms with Gasteiger partial charge in [-0.1, -0.05) is 20.3 Å². The summed E-state index contributed by atoms with van der Waals surface area (Å²) in [6.45, 7) is 8.52. The number of hydrogen-bond acceptors (Lipinski definition) is 2. The molecule has 2 fully saturated rings. The highest BCUT2D eigenvalue weighted by Gasteiger charge is 2.30. The van der Waals surface area contributed by atoms with Gasteiger partial charge in [0.1, 0.15) is 0 Å². The molecular weight excluding hydrogens is 220 g/mol. The first-order valence-corrected chi connectivity index (χ1v) is 8.20. The van der Waals surface area contributed by atoms with Crippen molar-refractivity contribution in [2.24, 2.45) is 23.5 Å². The van der Waals surface area contributed by atoms with Crippen LogP contribution in [0.1, 0.15) is 58.8 Å². The van der Waals surface area contributed by atoms with Crippen molar-refractivity contribution in [2.45, 2.75) is 64.8 Å². The quantitative estimate of drug-likeness (QED) is 0.753.